The first-order valence-electron chi connectivity index (χ1n) is 3.22. The molecule has 0 aromatic carbocycles. The summed E-state index contributed by atoms with van der Waals surface area (Å²) >= 11 is 8.11. The van der Waals surface area contributed by atoms with Crippen LogP contribution in [0.1, 0.15) is 12.0 Å². The largest absolute Gasteiger partial charge is 0.307 e. The van der Waals surface area contributed by atoms with Gasteiger partial charge < -0.3 is 0 Å². The Hall–Kier alpha value is -0.820. The molecule has 4 nitrogen and oxygen atoms in total. The van der Waals surface area contributed by atoms with Crippen molar-refractivity contribution in [3.63, 3.8) is 0 Å². The molecule has 0 atom stereocenters. The maximum absolute atomic E-state index is 12.3. The maximum Gasteiger partial charge on any atom is 0.307 e. The molecule has 14 heavy (non-hydrogen) atoms. The third kappa shape index (κ3) is 2.16. The number of nitro groups is 1. The molecule has 8 heteroatoms. The van der Waals surface area contributed by atoms with Crippen LogP contribution in [0.4, 0.5) is 14.5 Å². The predicted octanol–water partition coefficient (Wildman–Crippen LogP) is 3.34. The monoisotopic (exact) mass is 286 g/mol. The second-order valence-corrected chi connectivity index (χ2v) is 3.35. The zero-order chi connectivity index (χ0) is 10.9. The van der Waals surface area contributed by atoms with Crippen LogP contribution in [0.5, 0.6) is 0 Å². The van der Waals surface area contributed by atoms with Crippen LogP contribution in [0.25, 0.3) is 0 Å². The van der Waals surface area contributed by atoms with Crippen molar-refractivity contribution in [3.05, 3.63) is 31.5 Å². The molecule has 1 aromatic heterocycles. The standard InChI is InChI=1S/C6H2BrClF2N2O2/c7-4-2(6(9)10)1-3(12(13)14)5(8)11-4/h1,6H. The molecule has 0 fully saturated rings. The fourth-order valence-corrected chi connectivity index (χ4v) is 1.53. The fourth-order valence-electron chi connectivity index (χ4n) is 0.755. The molecule has 0 aliphatic carbocycles. The van der Waals surface area contributed by atoms with Gasteiger partial charge in [0.05, 0.1) is 10.5 Å². The highest BCUT2D eigenvalue weighted by Crippen LogP contribution is 2.32. The number of hydrogen-bond donors (Lipinski definition) is 0. The molecule has 76 valence electrons. The van der Waals surface area contributed by atoms with Gasteiger partial charge in [0.1, 0.15) is 4.60 Å². The number of rotatable bonds is 2. The average molecular weight is 287 g/mol. The van der Waals surface area contributed by atoms with Crippen molar-refractivity contribution in [2.24, 2.45) is 0 Å². The Balaban J connectivity index is 3.34. The van der Waals surface area contributed by atoms with Gasteiger partial charge in [-0.1, -0.05) is 11.6 Å². The third-order valence-electron chi connectivity index (χ3n) is 1.37. The smallest absolute Gasteiger partial charge is 0.258 e. The number of alkyl halides is 2. The van der Waals surface area contributed by atoms with Crippen LogP contribution >= 0.6 is 27.5 Å². The third-order valence-corrected chi connectivity index (χ3v) is 2.28. The van der Waals surface area contributed by atoms with Crippen molar-refractivity contribution in [2.75, 3.05) is 0 Å². The molecule has 1 rings (SSSR count). The number of nitrogens with zero attached hydrogens (tertiary/aromatic N) is 2. The molecule has 0 bridgehead atoms. The van der Waals surface area contributed by atoms with Gasteiger partial charge in [-0.05, 0) is 15.9 Å². The van der Waals surface area contributed by atoms with E-state index < -0.39 is 27.8 Å². The Morgan fingerprint density at radius 2 is 2.21 bits per heavy atom. The molecule has 0 spiro atoms. The van der Waals surface area contributed by atoms with Gasteiger partial charge in [0, 0.05) is 6.07 Å². The number of pyridine rings is 1. The van der Waals surface area contributed by atoms with Crippen LogP contribution in [-0.4, -0.2) is 9.91 Å². The summed E-state index contributed by atoms with van der Waals surface area (Å²) in [6.07, 6.45) is -2.84. The first-order chi connectivity index (χ1) is 6.43. The number of halogens is 4. The zero-order valence-corrected chi connectivity index (χ0v) is 8.72. The van der Waals surface area contributed by atoms with Gasteiger partial charge in [-0.3, -0.25) is 10.1 Å². The van der Waals surface area contributed by atoms with Crippen molar-refractivity contribution in [3.8, 4) is 0 Å². The van der Waals surface area contributed by atoms with Crippen molar-refractivity contribution in [2.45, 2.75) is 6.43 Å². The molecule has 0 radical (unpaired) electrons. The minimum Gasteiger partial charge on any atom is -0.258 e. The Bertz CT molecular complexity index is 388. The minimum absolute atomic E-state index is 0.192. The Kier molecular flexibility index (Phi) is 3.33. The summed E-state index contributed by atoms with van der Waals surface area (Å²) in [5.74, 6) is 0. The molecule has 0 saturated heterocycles. The summed E-state index contributed by atoms with van der Waals surface area (Å²) in [6.45, 7) is 0. The summed E-state index contributed by atoms with van der Waals surface area (Å²) in [6, 6.07) is 0.698. The van der Waals surface area contributed by atoms with E-state index in [-0.39, 0.29) is 4.60 Å². The Morgan fingerprint density at radius 1 is 1.64 bits per heavy atom. The molecule has 0 N–H and O–H groups in total. The van der Waals surface area contributed by atoms with Gasteiger partial charge in [-0.15, -0.1) is 0 Å². The maximum atomic E-state index is 12.3. The first kappa shape index (κ1) is 11.3. The van der Waals surface area contributed by atoms with Gasteiger partial charge >= 0.3 is 5.69 Å². The van der Waals surface area contributed by atoms with Crippen LogP contribution in [0.15, 0.2) is 10.7 Å². The van der Waals surface area contributed by atoms with E-state index in [0.29, 0.717) is 6.07 Å². The van der Waals surface area contributed by atoms with Gasteiger partial charge in [0.25, 0.3) is 6.43 Å². The lowest BCUT2D eigenvalue weighted by molar-refractivity contribution is -0.385. The Labute approximate surface area is 90.2 Å². The second-order valence-electron chi connectivity index (χ2n) is 2.24. The molecule has 0 unspecified atom stereocenters. The van der Waals surface area contributed by atoms with Crippen molar-refractivity contribution < 1.29 is 13.7 Å². The topological polar surface area (TPSA) is 56.0 Å². The molecule has 0 aliphatic heterocycles. The van der Waals surface area contributed by atoms with Crippen LogP contribution < -0.4 is 0 Å². The predicted molar refractivity (Wildman–Crippen MR) is 48.6 cm³/mol. The molecule has 0 aliphatic rings. The minimum atomic E-state index is -2.84. The zero-order valence-electron chi connectivity index (χ0n) is 6.38. The van der Waals surface area contributed by atoms with Gasteiger partial charge in [0.15, 0.2) is 0 Å². The van der Waals surface area contributed by atoms with Gasteiger partial charge in [-0.2, -0.15) is 0 Å². The highest BCUT2D eigenvalue weighted by Gasteiger charge is 2.21. The normalized spacial score (nSPS) is 10.6. The summed E-state index contributed by atoms with van der Waals surface area (Å²) in [5.41, 5.74) is -1.19. The molecule has 0 saturated carbocycles. The van der Waals surface area contributed by atoms with Crippen LogP contribution in [0.3, 0.4) is 0 Å². The SMILES string of the molecule is O=[N+]([O-])c1cc(C(F)F)c(Br)nc1Cl. The molecular formula is C6H2BrClF2N2O2. The van der Waals surface area contributed by atoms with Gasteiger partial charge in [-0.25, -0.2) is 13.8 Å². The summed E-state index contributed by atoms with van der Waals surface area (Å²) in [5, 5.41) is 9.90. The average Bonchev–Trinajstić information content (AvgIpc) is 2.02. The van der Waals surface area contributed by atoms with E-state index in [2.05, 4.69) is 20.9 Å². The Morgan fingerprint density at radius 3 is 2.64 bits per heavy atom. The van der Waals surface area contributed by atoms with Crippen molar-refractivity contribution in [1.29, 1.82) is 0 Å². The number of aromatic nitrogens is 1. The number of hydrogen-bond acceptors (Lipinski definition) is 3. The fraction of sp³-hybridized carbons (Fsp3) is 0.167. The van der Waals surface area contributed by atoms with E-state index in [4.69, 9.17) is 11.6 Å². The van der Waals surface area contributed by atoms with E-state index in [0.717, 1.165) is 0 Å². The van der Waals surface area contributed by atoms with Crippen LogP contribution in [-0.2, 0) is 0 Å². The van der Waals surface area contributed by atoms with E-state index in [9.17, 15) is 18.9 Å². The van der Waals surface area contributed by atoms with Crippen molar-refractivity contribution >= 4 is 33.2 Å². The van der Waals surface area contributed by atoms with Gasteiger partial charge in [0.2, 0.25) is 5.15 Å². The van der Waals surface area contributed by atoms with E-state index >= 15 is 0 Å². The van der Waals surface area contributed by atoms with E-state index in [1.54, 1.807) is 0 Å². The summed E-state index contributed by atoms with van der Waals surface area (Å²) < 4.78 is 24.3. The first-order valence-corrected chi connectivity index (χ1v) is 4.39. The quantitative estimate of drug-likeness (QED) is 0.476. The highest BCUT2D eigenvalue weighted by molar-refractivity contribution is 9.10. The molecule has 0 amide bonds. The molecule has 1 aromatic rings. The summed E-state index contributed by atoms with van der Waals surface area (Å²) in [7, 11) is 0. The lowest BCUT2D eigenvalue weighted by atomic mass is 10.3. The lowest BCUT2D eigenvalue weighted by Gasteiger charge is -2.02. The molecular weight excluding hydrogens is 285 g/mol. The highest BCUT2D eigenvalue weighted by atomic mass is 79.9. The second kappa shape index (κ2) is 4.14. The van der Waals surface area contributed by atoms with Crippen LogP contribution in [0, 0.1) is 10.1 Å². The van der Waals surface area contributed by atoms with E-state index in [1.165, 1.54) is 0 Å². The summed E-state index contributed by atoms with van der Waals surface area (Å²) in [4.78, 5) is 12.8. The molecule has 1 heterocycles. The van der Waals surface area contributed by atoms with Crippen LogP contribution in [0.2, 0.25) is 5.15 Å². The van der Waals surface area contributed by atoms with E-state index in [1.807, 2.05) is 0 Å². The van der Waals surface area contributed by atoms with Crippen molar-refractivity contribution in [1.82, 2.24) is 4.98 Å². The lowest BCUT2D eigenvalue weighted by Crippen LogP contribution is -1.96.